The van der Waals surface area contributed by atoms with Crippen LogP contribution in [0.5, 0.6) is 0 Å². The van der Waals surface area contributed by atoms with Crippen LogP contribution in [0, 0.1) is 0 Å². The zero-order chi connectivity index (χ0) is 9.07. The van der Waals surface area contributed by atoms with E-state index >= 15 is 0 Å². The average molecular weight is 448 g/mol. The van der Waals surface area contributed by atoms with Gasteiger partial charge in [-0.1, -0.05) is 29.7 Å². The molecule has 2 nitrogen and oxygen atoms in total. The van der Waals surface area contributed by atoms with Gasteiger partial charge in [0.05, 0.1) is 0 Å². The zero-order valence-electron chi connectivity index (χ0n) is 9.47. The van der Waals surface area contributed by atoms with Crippen molar-refractivity contribution in [1.82, 2.24) is 0 Å². The van der Waals surface area contributed by atoms with Crippen molar-refractivity contribution >= 4 is 26.6 Å². The third-order valence-corrected chi connectivity index (χ3v) is 8.10. The molecule has 17 heavy (non-hydrogen) atoms. The Morgan fingerprint density at radius 3 is 0.941 bits per heavy atom. The third kappa shape index (κ3) is 32.4. The van der Waals surface area contributed by atoms with Gasteiger partial charge in [-0.2, -0.15) is 0 Å². The summed E-state index contributed by atoms with van der Waals surface area (Å²) in [5.41, 5.74) is 0. The van der Waals surface area contributed by atoms with Crippen molar-refractivity contribution in [2.24, 2.45) is 0 Å². The van der Waals surface area contributed by atoms with Crippen LogP contribution in [0.25, 0.3) is 0 Å². The van der Waals surface area contributed by atoms with E-state index in [1.54, 1.807) is 0 Å². The van der Waals surface area contributed by atoms with Crippen molar-refractivity contribution < 1.29 is 73.6 Å². The summed E-state index contributed by atoms with van der Waals surface area (Å²) in [7, 11) is -2.91. The molecule has 0 unspecified atom stereocenters. The van der Waals surface area contributed by atoms with Gasteiger partial charge >= 0.3 is 8.56 Å². The molecule has 0 aromatic rings. The number of hydrogen-bond acceptors (Lipinski definition) is 2. The van der Waals surface area contributed by atoms with Crippen molar-refractivity contribution in [2.45, 2.75) is 69.0 Å². The number of rotatable bonds is 4. The fourth-order valence-electron chi connectivity index (χ4n) is 1.00. The zero-order valence-corrected chi connectivity index (χ0v) is 18.1. The first kappa shape index (κ1) is 42.7. The van der Waals surface area contributed by atoms with E-state index in [9.17, 15) is 0 Å². The van der Waals surface area contributed by atoms with Gasteiger partial charge in [0.15, 0.2) is 18.1 Å². The average Bonchev–Trinajstić information content (AvgIpc) is 1.53. The summed E-state index contributed by atoms with van der Waals surface area (Å²) in [6, 6.07) is 0. The van der Waals surface area contributed by atoms with Gasteiger partial charge in [-0.3, -0.25) is 0 Å². The van der Waals surface area contributed by atoms with E-state index in [0.717, 1.165) is 0 Å². The van der Waals surface area contributed by atoms with E-state index in [-0.39, 0.29) is 95.1 Å². The molecule has 0 aliphatic rings. The SMILES string of the molecule is C.C.C.C.C[Si](C)O[Si](C)(C)O[Si](C)C.[Y].[Y]. The molecule has 4 radical (unpaired) electrons. The van der Waals surface area contributed by atoms with Crippen molar-refractivity contribution in [1.29, 1.82) is 0 Å². The van der Waals surface area contributed by atoms with Crippen LogP contribution >= 0.6 is 0 Å². The molecule has 104 valence electrons. The Labute approximate surface area is 167 Å². The minimum Gasteiger partial charge on any atom is -0.437 e. The van der Waals surface area contributed by atoms with Crippen LogP contribution in [0.4, 0.5) is 0 Å². The topological polar surface area (TPSA) is 18.5 Å². The van der Waals surface area contributed by atoms with E-state index in [2.05, 4.69) is 39.3 Å². The summed E-state index contributed by atoms with van der Waals surface area (Å²) in [4.78, 5) is 0. The van der Waals surface area contributed by atoms with E-state index in [4.69, 9.17) is 8.23 Å². The summed E-state index contributed by atoms with van der Waals surface area (Å²) in [5.74, 6) is 0. The van der Waals surface area contributed by atoms with Gasteiger partial charge in [0.2, 0.25) is 0 Å². The maximum atomic E-state index is 5.79. The molecule has 0 bridgehead atoms. The predicted molar refractivity (Wildman–Crippen MR) is 81.5 cm³/mol. The quantitative estimate of drug-likeness (QED) is 0.578. The number of hydrogen-bond donors (Lipinski definition) is 0. The molecule has 7 heteroatoms. The van der Waals surface area contributed by atoms with Crippen molar-refractivity contribution in [3.63, 3.8) is 0 Å². The van der Waals surface area contributed by atoms with Crippen LogP contribution < -0.4 is 0 Å². The molecular weight excluding hydrogens is 414 g/mol. The fourth-order valence-corrected chi connectivity index (χ4v) is 9.41. The standard InChI is InChI=1S/C6H18O2Si3.4CH4.2Y/c1-9(2)7-11(5,6)8-10(3)4;;;;;;/h1-6H3;4*1H4;;. The normalized spacial score (nSPS) is 8.47. The molecule has 0 aliphatic carbocycles. The first-order valence-electron chi connectivity index (χ1n) is 3.82. The molecular formula is C10H34O2Si3Y2. The molecule has 0 aliphatic heterocycles. The van der Waals surface area contributed by atoms with E-state index in [1.165, 1.54) is 0 Å². The van der Waals surface area contributed by atoms with E-state index in [1.807, 2.05) is 0 Å². The maximum Gasteiger partial charge on any atom is 0.310 e. The second kappa shape index (κ2) is 21.1. The Bertz CT molecular complexity index is 114. The minimum atomic E-state index is -1.74. The van der Waals surface area contributed by atoms with Gasteiger partial charge < -0.3 is 8.23 Å². The van der Waals surface area contributed by atoms with E-state index in [0.29, 0.717) is 0 Å². The molecule has 0 spiro atoms. The second-order valence-electron chi connectivity index (χ2n) is 3.42. The Kier molecular flexibility index (Phi) is 53.0. The summed E-state index contributed by atoms with van der Waals surface area (Å²) in [6.45, 7) is 12.9. The maximum absolute atomic E-state index is 5.79. The Hall–Kier alpha value is 2.78. The summed E-state index contributed by atoms with van der Waals surface area (Å²) in [5, 5.41) is 0. The summed E-state index contributed by atoms with van der Waals surface area (Å²) >= 11 is 0. The van der Waals surface area contributed by atoms with Crippen molar-refractivity contribution in [2.75, 3.05) is 0 Å². The molecule has 0 aromatic carbocycles. The smallest absolute Gasteiger partial charge is 0.310 e. The Morgan fingerprint density at radius 2 is 0.824 bits per heavy atom. The molecule has 0 saturated heterocycles. The van der Waals surface area contributed by atoms with Crippen molar-refractivity contribution in [3.05, 3.63) is 0 Å². The largest absolute Gasteiger partial charge is 0.437 e. The van der Waals surface area contributed by atoms with Crippen LogP contribution in [0.3, 0.4) is 0 Å². The van der Waals surface area contributed by atoms with Gasteiger partial charge in [-0.15, -0.1) is 0 Å². The van der Waals surface area contributed by atoms with Gasteiger partial charge in [-0.25, -0.2) is 0 Å². The van der Waals surface area contributed by atoms with Crippen LogP contribution in [-0.2, 0) is 73.6 Å². The van der Waals surface area contributed by atoms with Gasteiger partial charge in [0, 0.05) is 65.4 Å². The van der Waals surface area contributed by atoms with Crippen LogP contribution in [0.1, 0.15) is 29.7 Å². The molecule has 0 amide bonds. The fraction of sp³-hybridized carbons (Fsp3) is 1.00. The van der Waals surface area contributed by atoms with Gasteiger partial charge in [0.25, 0.3) is 0 Å². The van der Waals surface area contributed by atoms with Gasteiger partial charge in [0.1, 0.15) is 0 Å². The Morgan fingerprint density at radius 1 is 0.647 bits per heavy atom. The first-order chi connectivity index (χ1) is 4.83. The molecule has 0 N–H and O–H groups in total. The second-order valence-corrected chi connectivity index (χ2v) is 11.5. The van der Waals surface area contributed by atoms with Crippen LogP contribution in [0.2, 0.25) is 39.3 Å². The summed E-state index contributed by atoms with van der Waals surface area (Å²) < 4.78 is 11.6. The van der Waals surface area contributed by atoms with E-state index < -0.39 is 26.6 Å². The molecule has 0 aromatic heterocycles. The molecule has 0 rings (SSSR count). The summed E-state index contributed by atoms with van der Waals surface area (Å²) in [6.07, 6.45) is 0. The molecule has 0 saturated carbocycles. The monoisotopic (exact) mass is 448 g/mol. The van der Waals surface area contributed by atoms with Crippen molar-refractivity contribution in [3.8, 4) is 0 Å². The Balaban J connectivity index is -0.0000000333. The first-order valence-corrected chi connectivity index (χ1v) is 11.4. The third-order valence-electron chi connectivity index (χ3n) is 0.900. The molecule has 0 fully saturated rings. The predicted octanol–water partition coefficient (Wildman–Crippen LogP) is 4.76. The van der Waals surface area contributed by atoms with Crippen LogP contribution in [-0.4, -0.2) is 26.6 Å². The molecule has 0 heterocycles. The molecule has 0 atom stereocenters. The van der Waals surface area contributed by atoms with Gasteiger partial charge in [-0.05, 0) is 39.3 Å². The minimum absolute atomic E-state index is 0. The van der Waals surface area contributed by atoms with Crippen LogP contribution in [0.15, 0.2) is 0 Å².